The topological polar surface area (TPSA) is 75.2 Å². The summed E-state index contributed by atoms with van der Waals surface area (Å²) in [5, 5.41) is 2.83. The van der Waals surface area contributed by atoms with Crippen LogP contribution in [0.3, 0.4) is 0 Å². The molecule has 0 saturated heterocycles. The minimum atomic E-state index is -0.162. The lowest BCUT2D eigenvalue weighted by molar-refractivity contribution is -0.132. The average Bonchev–Trinajstić information content (AvgIpc) is 2.60. The molecule has 1 N–H and O–H groups in total. The first-order valence-corrected chi connectivity index (χ1v) is 7.96. The molecule has 126 valence electrons. The quantitative estimate of drug-likeness (QED) is 0.848. The van der Waals surface area contributed by atoms with E-state index in [0.29, 0.717) is 12.2 Å². The number of nitrogens with zero attached hydrogens (tertiary/aromatic N) is 3. The van der Waals surface area contributed by atoms with E-state index in [2.05, 4.69) is 22.2 Å². The number of carbonyl (C=O) groups excluding carboxylic acids is 2. The molecular weight excluding hydrogens is 304 g/mol. The van der Waals surface area contributed by atoms with Crippen molar-refractivity contribution in [3.8, 4) is 0 Å². The number of hydrogen-bond donors (Lipinski definition) is 1. The Hall–Kier alpha value is -2.76. The monoisotopic (exact) mass is 326 g/mol. The normalized spacial score (nSPS) is 10.2. The molecule has 1 aromatic carbocycles. The number of hydrogen-bond acceptors (Lipinski definition) is 4. The minimum absolute atomic E-state index is 0.0990. The SMILES string of the molecule is CCc1cccc(NC(=O)CCC(=O)N(C)Cc2cnccn2)c1. The summed E-state index contributed by atoms with van der Waals surface area (Å²) in [4.78, 5) is 33.7. The van der Waals surface area contributed by atoms with Gasteiger partial charge < -0.3 is 10.2 Å². The molecule has 0 aliphatic carbocycles. The van der Waals surface area contributed by atoms with Crippen LogP contribution in [0.1, 0.15) is 31.0 Å². The highest BCUT2D eigenvalue weighted by atomic mass is 16.2. The van der Waals surface area contributed by atoms with Gasteiger partial charge in [-0.05, 0) is 24.1 Å². The van der Waals surface area contributed by atoms with Crippen LogP contribution in [0.15, 0.2) is 42.9 Å². The van der Waals surface area contributed by atoms with Gasteiger partial charge in [-0.2, -0.15) is 0 Å². The first kappa shape index (κ1) is 17.6. The van der Waals surface area contributed by atoms with E-state index < -0.39 is 0 Å². The first-order valence-electron chi connectivity index (χ1n) is 7.96. The second kappa shape index (κ2) is 8.76. The van der Waals surface area contributed by atoms with Crippen LogP contribution in [0, 0.1) is 0 Å². The van der Waals surface area contributed by atoms with E-state index in [1.165, 1.54) is 0 Å². The molecule has 1 heterocycles. The molecule has 0 bridgehead atoms. The van der Waals surface area contributed by atoms with E-state index >= 15 is 0 Å². The van der Waals surface area contributed by atoms with Crippen LogP contribution in [0.4, 0.5) is 5.69 Å². The zero-order valence-electron chi connectivity index (χ0n) is 14.0. The van der Waals surface area contributed by atoms with E-state index in [9.17, 15) is 9.59 Å². The van der Waals surface area contributed by atoms with Gasteiger partial charge in [0, 0.05) is 38.0 Å². The van der Waals surface area contributed by atoms with Gasteiger partial charge in [-0.3, -0.25) is 19.6 Å². The molecule has 0 saturated carbocycles. The Labute approximate surface area is 141 Å². The van der Waals surface area contributed by atoms with Crippen LogP contribution in [0.25, 0.3) is 0 Å². The fourth-order valence-electron chi connectivity index (χ4n) is 2.25. The summed E-state index contributed by atoms with van der Waals surface area (Å²) in [6.07, 6.45) is 6.03. The molecule has 0 aliphatic heterocycles. The second-order valence-corrected chi connectivity index (χ2v) is 5.55. The Balaban J connectivity index is 1.79. The van der Waals surface area contributed by atoms with Gasteiger partial charge in [-0.25, -0.2) is 0 Å². The molecule has 0 aliphatic rings. The van der Waals surface area contributed by atoms with Gasteiger partial charge in [0.2, 0.25) is 11.8 Å². The fraction of sp³-hybridized carbons (Fsp3) is 0.333. The number of rotatable bonds is 7. The van der Waals surface area contributed by atoms with Crippen LogP contribution < -0.4 is 5.32 Å². The minimum Gasteiger partial charge on any atom is -0.340 e. The lowest BCUT2D eigenvalue weighted by Crippen LogP contribution is -2.27. The number of aryl methyl sites for hydroxylation is 1. The van der Waals surface area contributed by atoms with Gasteiger partial charge in [0.25, 0.3) is 0 Å². The smallest absolute Gasteiger partial charge is 0.224 e. The predicted molar refractivity (Wildman–Crippen MR) is 92.2 cm³/mol. The van der Waals surface area contributed by atoms with E-state index in [4.69, 9.17) is 0 Å². The molecule has 6 nitrogen and oxygen atoms in total. The zero-order chi connectivity index (χ0) is 17.4. The largest absolute Gasteiger partial charge is 0.340 e. The van der Waals surface area contributed by atoms with Gasteiger partial charge in [0.1, 0.15) is 0 Å². The van der Waals surface area contributed by atoms with E-state index in [-0.39, 0.29) is 24.7 Å². The van der Waals surface area contributed by atoms with E-state index in [1.807, 2.05) is 24.3 Å². The van der Waals surface area contributed by atoms with E-state index in [1.54, 1.807) is 30.5 Å². The molecule has 1 aromatic heterocycles. The van der Waals surface area contributed by atoms with Gasteiger partial charge >= 0.3 is 0 Å². The summed E-state index contributed by atoms with van der Waals surface area (Å²) < 4.78 is 0. The van der Waals surface area contributed by atoms with Gasteiger partial charge in [0.15, 0.2) is 0 Å². The molecule has 2 amide bonds. The zero-order valence-corrected chi connectivity index (χ0v) is 14.0. The maximum Gasteiger partial charge on any atom is 0.224 e. The molecule has 0 radical (unpaired) electrons. The van der Waals surface area contributed by atoms with Crippen LogP contribution >= 0.6 is 0 Å². The molecule has 2 rings (SSSR count). The summed E-state index contributed by atoms with van der Waals surface area (Å²) >= 11 is 0. The number of amides is 2. The Morgan fingerprint density at radius 1 is 1.21 bits per heavy atom. The fourth-order valence-corrected chi connectivity index (χ4v) is 2.25. The van der Waals surface area contributed by atoms with Crippen molar-refractivity contribution in [2.45, 2.75) is 32.7 Å². The van der Waals surface area contributed by atoms with Crippen molar-refractivity contribution in [1.29, 1.82) is 0 Å². The maximum absolute atomic E-state index is 12.1. The molecular formula is C18H22N4O2. The molecule has 0 unspecified atom stereocenters. The molecule has 6 heteroatoms. The van der Waals surface area contributed by atoms with Crippen LogP contribution in [0.2, 0.25) is 0 Å². The second-order valence-electron chi connectivity index (χ2n) is 5.55. The van der Waals surface area contributed by atoms with Gasteiger partial charge in [-0.1, -0.05) is 19.1 Å². The summed E-state index contributed by atoms with van der Waals surface area (Å²) in [7, 11) is 1.69. The molecule has 0 atom stereocenters. The Morgan fingerprint density at radius 3 is 2.75 bits per heavy atom. The first-order chi connectivity index (χ1) is 11.6. The van der Waals surface area contributed by atoms with Crippen molar-refractivity contribution < 1.29 is 9.59 Å². The van der Waals surface area contributed by atoms with Crippen molar-refractivity contribution in [1.82, 2.24) is 14.9 Å². The number of aromatic nitrogens is 2. The number of benzene rings is 1. The standard InChI is InChI=1S/C18H22N4O2/c1-3-14-5-4-6-15(11-14)21-17(23)7-8-18(24)22(2)13-16-12-19-9-10-20-16/h4-6,9-12H,3,7-8,13H2,1-2H3,(H,21,23). The Morgan fingerprint density at radius 2 is 2.04 bits per heavy atom. The van der Waals surface area contributed by atoms with Crippen molar-refractivity contribution >= 4 is 17.5 Å². The van der Waals surface area contributed by atoms with E-state index in [0.717, 1.165) is 17.7 Å². The maximum atomic E-state index is 12.1. The van der Waals surface area contributed by atoms with Gasteiger partial charge in [-0.15, -0.1) is 0 Å². The number of nitrogens with one attached hydrogen (secondary N) is 1. The van der Waals surface area contributed by atoms with Crippen LogP contribution in [-0.4, -0.2) is 33.7 Å². The highest BCUT2D eigenvalue weighted by Crippen LogP contribution is 2.12. The Bertz CT molecular complexity index is 688. The lowest BCUT2D eigenvalue weighted by Gasteiger charge is -2.16. The number of anilines is 1. The van der Waals surface area contributed by atoms with Crippen molar-refractivity contribution in [3.63, 3.8) is 0 Å². The molecule has 24 heavy (non-hydrogen) atoms. The number of carbonyl (C=O) groups is 2. The average molecular weight is 326 g/mol. The summed E-state index contributed by atoms with van der Waals surface area (Å²) in [6.45, 7) is 2.44. The summed E-state index contributed by atoms with van der Waals surface area (Å²) in [5.41, 5.74) is 2.64. The summed E-state index contributed by atoms with van der Waals surface area (Å²) in [6, 6.07) is 7.72. The third-order valence-corrected chi connectivity index (χ3v) is 3.63. The molecule has 2 aromatic rings. The van der Waals surface area contributed by atoms with Crippen molar-refractivity contribution in [3.05, 3.63) is 54.1 Å². The van der Waals surface area contributed by atoms with Crippen LogP contribution in [-0.2, 0) is 22.6 Å². The highest BCUT2D eigenvalue weighted by molar-refractivity contribution is 5.93. The van der Waals surface area contributed by atoms with Gasteiger partial charge in [0.05, 0.1) is 18.4 Å². The predicted octanol–water partition coefficient (Wildman–Crippen LogP) is 2.42. The lowest BCUT2D eigenvalue weighted by atomic mass is 10.1. The summed E-state index contributed by atoms with van der Waals surface area (Å²) in [5.74, 6) is -0.261. The Kier molecular flexibility index (Phi) is 6.42. The van der Waals surface area contributed by atoms with Crippen molar-refractivity contribution in [2.24, 2.45) is 0 Å². The van der Waals surface area contributed by atoms with Crippen molar-refractivity contribution in [2.75, 3.05) is 12.4 Å². The molecule has 0 fully saturated rings. The van der Waals surface area contributed by atoms with Crippen LogP contribution in [0.5, 0.6) is 0 Å². The highest BCUT2D eigenvalue weighted by Gasteiger charge is 2.12. The third-order valence-electron chi connectivity index (χ3n) is 3.63. The molecule has 0 spiro atoms. The third kappa shape index (κ3) is 5.46.